The first-order valence-electron chi connectivity index (χ1n) is 8.13. The molecule has 2 aliphatic rings. The van der Waals surface area contributed by atoms with Gasteiger partial charge in [0.1, 0.15) is 0 Å². The summed E-state index contributed by atoms with van der Waals surface area (Å²) >= 11 is 0. The Morgan fingerprint density at radius 1 is 1.27 bits per heavy atom. The van der Waals surface area contributed by atoms with Crippen molar-refractivity contribution in [3.8, 4) is 0 Å². The van der Waals surface area contributed by atoms with Crippen LogP contribution in [0, 0.1) is 11.8 Å². The first-order chi connectivity index (χ1) is 10.2. The average Bonchev–Trinajstić information content (AvgIpc) is 2.76. The zero-order valence-electron chi connectivity index (χ0n) is 13.8. The molecule has 0 aromatic heterocycles. The SMILES string of the molecule is CCCC1(C)CC(C2CCN(S(C)(=O)=O)CC2)CN1C(=O)O. The third-order valence-electron chi connectivity index (χ3n) is 5.42. The van der Waals surface area contributed by atoms with Crippen LogP contribution < -0.4 is 0 Å². The Kier molecular flexibility index (Phi) is 5.06. The van der Waals surface area contributed by atoms with E-state index >= 15 is 0 Å². The summed E-state index contributed by atoms with van der Waals surface area (Å²) in [5, 5.41) is 9.48. The lowest BCUT2D eigenvalue weighted by Crippen LogP contribution is -2.44. The van der Waals surface area contributed by atoms with E-state index in [1.54, 1.807) is 9.21 Å². The van der Waals surface area contributed by atoms with Crippen molar-refractivity contribution < 1.29 is 18.3 Å². The van der Waals surface area contributed by atoms with E-state index in [0.29, 0.717) is 31.5 Å². The van der Waals surface area contributed by atoms with E-state index in [9.17, 15) is 18.3 Å². The molecule has 6 nitrogen and oxygen atoms in total. The fraction of sp³-hybridized carbons (Fsp3) is 0.933. The third-order valence-corrected chi connectivity index (χ3v) is 6.73. The maximum Gasteiger partial charge on any atom is 0.407 e. The van der Waals surface area contributed by atoms with E-state index in [1.807, 2.05) is 0 Å². The molecule has 2 aliphatic heterocycles. The zero-order chi connectivity index (χ0) is 16.5. The fourth-order valence-corrected chi connectivity index (χ4v) is 5.15. The number of carboxylic acid groups (broad SMARTS) is 1. The van der Waals surface area contributed by atoms with Crippen molar-refractivity contribution in [1.29, 1.82) is 0 Å². The van der Waals surface area contributed by atoms with E-state index in [2.05, 4.69) is 13.8 Å². The summed E-state index contributed by atoms with van der Waals surface area (Å²) < 4.78 is 24.7. The molecule has 0 saturated carbocycles. The van der Waals surface area contributed by atoms with Crippen LogP contribution >= 0.6 is 0 Å². The highest BCUT2D eigenvalue weighted by Gasteiger charge is 2.46. The van der Waals surface area contributed by atoms with Gasteiger partial charge in [-0.2, -0.15) is 0 Å². The average molecular weight is 332 g/mol. The molecule has 2 rings (SSSR count). The Labute approximate surface area is 133 Å². The second kappa shape index (κ2) is 6.35. The van der Waals surface area contributed by atoms with Gasteiger partial charge < -0.3 is 10.0 Å². The third kappa shape index (κ3) is 3.56. The Hall–Kier alpha value is -0.820. The van der Waals surface area contributed by atoms with Gasteiger partial charge in [0, 0.05) is 25.2 Å². The van der Waals surface area contributed by atoms with Gasteiger partial charge in [-0.1, -0.05) is 13.3 Å². The first kappa shape index (κ1) is 17.5. The number of carbonyl (C=O) groups is 1. The monoisotopic (exact) mass is 332 g/mol. The van der Waals surface area contributed by atoms with Crippen LogP contribution in [0.25, 0.3) is 0 Å². The molecule has 1 amide bonds. The van der Waals surface area contributed by atoms with Crippen molar-refractivity contribution in [2.24, 2.45) is 11.8 Å². The molecule has 0 radical (unpaired) electrons. The maximum atomic E-state index is 11.6. The Morgan fingerprint density at radius 3 is 2.32 bits per heavy atom. The number of likely N-dealkylation sites (tertiary alicyclic amines) is 1. The quantitative estimate of drug-likeness (QED) is 0.856. The smallest absolute Gasteiger partial charge is 0.407 e. The summed E-state index contributed by atoms with van der Waals surface area (Å²) in [6.45, 7) is 5.87. The Morgan fingerprint density at radius 2 is 1.86 bits per heavy atom. The van der Waals surface area contributed by atoms with Crippen LogP contribution in [0.1, 0.15) is 46.0 Å². The highest BCUT2D eigenvalue weighted by atomic mass is 32.2. The number of hydrogen-bond donors (Lipinski definition) is 1. The molecule has 0 aromatic carbocycles. The van der Waals surface area contributed by atoms with Crippen LogP contribution in [-0.4, -0.2) is 60.3 Å². The van der Waals surface area contributed by atoms with Crippen molar-refractivity contribution in [2.75, 3.05) is 25.9 Å². The molecular weight excluding hydrogens is 304 g/mol. The van der Waals surface area contributed by atoms with Crippen molar-refractivity contribution in [3.63, 3.8) is 0 Å². The summed E-state index contributed by atoms with van der Waals surface area (Å²) in [6.07, 6.45) is 4.87. The van der Waals surface area contributed by atoms with Gasteiger partial charge in [-0.15, -0.1) is 0 Å². The molecule has 2 heterocycles. The molecule has 0 bridgehead atoms. The molecule has 128 valence electrons. The first-order valence-corrected chi connectivity index (χ1v) is 9.98. The van der Waals surface area contributed by atoms with E-state index in [0.717, 1.165) is 32.1 Å². The lowest BCUT2D eigenvalue weighted by atomic mass is 9.80. The van der Waals surface area contributed by atoms with Gasteiger partial charge in [-0.3, -0.25) is 0 Å². The van der Waals surface area contributed by atoms with Gasteiger partial charge in [0.15, 0.2) is 0 Å². The lowest BCUT2D eigenvalue weighted by Gasteiger charge is -2.33. The molecule has 2 saturated heterocycles. The minimum atomic E-state index is -3.10. The molecule has 1 N–H and O–H groups in total. The largest absolute Gasteiger partial charge is 0.465 e. The standard InChI is InChI=1S/C15H28N2O4S/c1-4-7-15(2)10-13(11-17(15)14(18)19)12-5-8-16(9-6-12)22(3,20)21/h12-13H,4-11H2,1-3H3,(H,18,19). The predicted molar refractivity (Wildman–Crippen MR) is 85.3 cm³/mol. The molecule has 2 atom stereocenters. The van der Waals surface area contributed by atoms with Crippen molar-refractivity contribution in [2.45, 2.75) is 51.5 Å². The second-order valence-corrected chi connectivity index (χ2v) is 9.09. The van der Waals surface area contributed by atoms with Gasteiger partial charge in [-0.25, -0.2) is 17.5 Å². The summed E-state index contributed by atoms with van der Waals surface area (Å²) in [6, 6.07) is 0. The van der Waals surface area contributed by atoms with Crippen LogP contribution in [0.15, 0.2) is 0 Å². The minimum absolute atomic E-state index is 0.265. The fourth-order valence-electron chi connectivity index (χ4n) is 4.27. The number of nitrogens with zero attached hydrogens (tertiary/aromatic N) is 2. The maximum absolute atomic E-state index is 11.6. The summed E-state index contributed by atoms with van der Waals surface area (Å²) in [5.41, 5.74) is -0.265. The lowest BCUT2D eigenvalue weighted by molar-refractivity contribution is 0.105. The van der Waals surface area contributed by atoms with E-state index < -0.39 is 16.1 Å². The molecule has 22 heavy (non-hydrogen) atoms. The van der Waals surface area contributed by atoms with Crippen LogP contribution in [0.5, 0.6) is 0 Å². The van der Waals surface area contributed by atoms with Gasteiger partial charge in [0.05, 0.1) is 6.26 Å². The van der Waals surface area contributed by atoms with E-state index in [1.165, 1.54) is 6.26 Å². The van der Waals surface area contributed by atoms with Crippen LogP contribution in [0.2, 0.25) is 0 Å². The zero-order valence-corrected chi connectivity index (χ0v) is 14.6. The number of hydrogen-bond acceptors (Lipinski definition) is 3. The number of piperidine rings is 1. The molecule has 2 unspecified atom stereocenters. The highest BCUT2D eigenvalue weighted by molar-refractivity contribution is 7.88. The van der Waals surface area contributed by atoms with Gasteiger partial charge in [-0.05, 0) is 44.4 Å². The molecule has 0 spiro atoms. The molecule has 0 aromatic rings. The molecular formula is C15H28N2O4S. The Balaban J connectivity index is 2.02. The van der Waals surface area contributed by atoms with Gasteiger partial charge in [0.25, 0.3) is 0 Å². The molecule has 2 fully saturated rings. The van der Waals surface area contributed by atoms with Gasteiger partial charge >= 0.3 is 6.09 Å². The predicted octanol–water partition coefficient (Wildman–Crippen LogP) is 2.22. The normalized spacial score (nSPS) is 31.6. The van der Waals surface area contributed by atoms with Crippen molar-refractivity contribution in [1.82, 2.24) is 9.21 Å². The topological polar surface area (TPSA) is 77.9 Å². The van der Waals surface area contributed by atoms with E-state index in [4.69, 9.17) is 0 Å². The number of sulfonamides is 1. The van der Waals surface area contributed by atoms with Crippen LogP contribution in [0.4, 0.5) is 4.79 Å². The molecule has 0 aliphatic carbocycles. The van der Waals surface area contributed by atoms with Crippen molar-refractivity contribution >= 4 is 16.1 Å². The van der Waals surface area contributed by atoms with Crippen LogP contribution in [-0.2, 0) is 10.0 Å². The van der Waals surface area contributed by atoms with Crippen molar-refractivity contribution in [3.05, 3.63) is 0 Å². The number of rotatable bonds is 4. The second-order valence-electron chi connectivity index (χ2n) is 7.10. The summed E-state index contributed by atoms with van der Waals surface area (Å²) in [5.74, 6) is 0.785. The minimum Gasteiger partial charge on any atom is -0.465 e. The molecule has 7 heteroatoms. The highest BCUT2D eigenvalue weighted by Crippen LogP contribution is 2.42. The number of amides is 1. The summed E-state index contributed by atoms with van der Waals surface area (Å²) in [7, 11) is -3.10. The summed E-state index contributed by atoms with van der Waals surface area (Å²) in [4.78, 5) is 13.2. The van der Waals surface area contributed by atoms with Crippen LogP contribution in [0.3, 0.4) is 0 Å². The van der Waals surface area contributed by atoms with Gasteiger partial charge in [0.2, 0.25) is 10.0 Å². The Bertz CT molecular complexity index is 514. The van der Waals surface area contributed by atoms with E-state index in [-0.39, 0.29) is 5.54 Å².